The van der Waals surface area contributed by atoms with Crippen molar-refractivity contribution in [3.05, 3.63) is 68.3 Å². The minimum atomic E-state index is -0.670. The molecule has 1 amide bonds. The third kappa shape index (κ3) is 4.08. The zero-order chi connectivity index (χ0) is 16.1. The molecule has 0 spiro atoms. The van der Waals surface area contributed by atoms with E-state index < -0.39 is 11.7 Å². The van der Waals surface area contributed by atoms with Crippen molar-refractivity contribution in [1.29, 1.82) is 0 Å². The SMILES string of the molecule is O=C(NCCCn1cc(Cl)ccc1=O)c1c(F)cccc1Cl. The molecule has 1 aromatic carbocycles. The van der Waals surface area contributed by atoms with E-state index in [1.54, 1.807) is 0 Å². The summed E-state index contributed by atoms with van der Waals surface area (Å²) in [6.45, 7) is 0.674. The molecular formula is C15H13Cl2FN2O2. The van der Waals surface area contributed by atoms with Gasteiger partial charge >= 0.3 is 0 Å². The molecule has 2 aromatic rings. The van der Waals surface area contributed by atoms with E-state index in [9.17, 15) is 14.0 Å². The molecule has 0 aliphatic carbocycles. The Hall–Kier alpha value is -1.85. The second kappa shape index (κ2) is 7.42. The van der Waals surface area contributed by atoms with Gasteiger partial charge in [-0.25, -0.2) is 4.39 Å². The van der Waals surface area contributed by atoms with Gasteiger partial charge in [0.1, 0.15) is 5.82 Å². The molecule has 116 valence electrons. The number of carbonyl (C=O) groups excluding carboxylic acids is 1. The zero-order valence-corrected chi connectivity index (χ0v) is 13.0. The first-order chi connectivity index (χ1) is 10.5. The number of hydrogen-bond donors (Lipinski definition) is 1. The van der Waals surface area contributed by atoms with Crippen LogP contribution in [-0.2, 0) is 6.54 Å². The zero-order valence-electron chi connectivity index (χ0n) is 11.5. The molecule has 0 aliphatic heterocycles. The highest BCUT2D eigenvalue weighted by atomic mass is 35.5. The molecule has 2 rings (SSSR count). The number of nitrogens with zero attached hydrogens (tertiary/aromatic N) is 1. The number of nitrogens with one attached hydrogen (secondary N) is 1. The van der Waals surface area contributed by atoms with Crippen molar-refractivity contribution in [3.63, 3.8) is 0 Å². The van der Waals surface area contributed by atoms with Gasteiger partial charge in [-0.2, -0.15) is 0 Å². The molecule has 0 bridgehead atoms. The number of rotatable bonds is 5. The van der Waals surface area contributed by atoms with Gasteiger partial charge in [-0.15, -0.1) is 0 Å². The van der Waals surface area contributed by atoms with Gasteiger partial charge in [0.25, 0.3) is 11.5 Å². The summed E-state index contributed by atoms with van der Waals surface area (Å²) in [4.78, 5) is 23.5. The van der Waals surface area contributed by atoms with Gasteiger partial charge < -0.3 is 9.88 Å². The van der Waals surface area contributed by atoms with Crippen LogP contribution < -0.4 is 10.9 Å². The second-order valence-electron chi connectivity index (χ2n) is 4.59. The van der Waals surface area contributed by atoms with Crippen LogP contribution in [0.15, 0.2) is 41.3 Å². The first kappa shape index (κ1) is 16.5. The predicted molar refractivity (Wildman–Crippen MR) is 84.1 cm³/mol. The number of carbonyl (C=O) groups is 1. The average molecular weight is 343 g/mol. The highest BCUT2D eigenvalue weighted by molar-refractivity contribution is 6.33. The van der Waals surface area contributed by atoms with Crippen molar-refractivity contribution in [3.8, 4) is 0 Å². The molecule has 0 saturated heterocycles. The topological polar surface area (TPSA) is 51.1 Å². The normalized spacial score (nSPS) is 10.5. The summed E-state index contributed by atoms with van der Waals surface area (Å²) in [5, 5.41) is 3.09. The third-order valence-electron chi connectivity index (χ3n) is 3.00. The summed E-state index contributed by atoms with van der Waals surface area (Å²) in [5.41, 5.74) is -0.350. The summed E-state index contributed by atoms with van der Waals surface area (Å²) in [7, 11) is 0. The van der Waals surface area contributed by atoms with E-state index in [2.05, 4.69) is 5.32 Å². The lowest BCUT2D eigenvalue weighted by Crippen LogP contribution is -2.27. The van der Waals surface area contributed by atoms with Crippen LogP contribution in [0.25, 0.3) is 0 Å². The molecule has 1 N–H and O–H groups in total. The first-order valence-corrected chi connectivity index (χ1v) is 7.33. The summed E-state index contributed by atoms with van der Waals surface area (Å²) in [5.74, 6) is -1.25. The third-order valence-corrected chi connectivity index (χ3v) is 3.54. The lowest BCUT2D eigenvalue weighted by Gasteiger charge is -2.09. The fraction of sp³-hybridized carbons (Fsp3) is 0.200. The molecule has 0 saturated carbocycles. The van der Waals surface area contributed by atoms with Gasteiger partial charge in [0.2, 0.25) is 0 Å². The Morgan fingerprint density at radius 1 is 1.23 bits per heavy atom. The van der Waals surface area contributed by atoms with Gasteiger partial charge in [0.15, 0.2) is 0 Å². The van der Waals surface area contributed by atoms with Crippen LogP contribution >= 0.6 is 23.2 Å². The van der Waals surface area contributed by atoms with Gasteiger partial charge in [0, 0.05) is 25.4 Å². The van der Waals surface area contributed by atoms with Gasteiger partial charge in [-0.1, -0.05) is 29.3 Å². The van der Waals surface area contributed by atoms with Gasteiger partial charge in [-0.05, 0) is 24.6 Å². The van der Waals surface area contributed by atoms with Crippen LogP contribution in [0.1, 0.15) is 16.8 Å². The Morgan fingerprint density at radius 3 is 2.73 bits per heavy atom. The average Bonchev–Trinajstić information content (AvgIpc) is 2.47. The molecule has 0 aliphatic rings. The van der Waals surface area contributed by atoms with E-state index in [0.29, 0.717) is 18.0 Å². The predicted octanol–water partition coefficient (Wildman–Crippen LogP) is 3.11. The van der Waals surface area contributed by atoms with Crippen molar-refractivity contribution in [2.45, 2.75) is 13.0 Å². The largest absolute Gasteiger partial charge is 0.352 e. The lowest BCUT2D eigenvalue weighted by molar-refractivity contribution is 0.0949. The lowest BCUT2D eigenvalue weighted by atomic mass is 10.2. The molecule has 4 nitrogen and oxygen atoms in total. The van der Waals surface area contributed by atoms with Gasteiger partial charge in [-0.3, -0.25) is 9.59 Å². The summed E-state index contributed by atoms with van der Waals surface area (Å²) < 4.78 is 15.0. The van der Waals surface area contributed by atoms with Gasteiger partial charge in [0.05, 0.1) is 15.6 Å². The van der Waals surface area contributed by atoms with Crippen LogP contribution in [-0.4, -0.2) is 17.0 Å². The van der Waals surface area contributed by atoms with Crippen molar-refractivity contribution >= 4 is 29.1 Å². The molecule has 1 aromatic heterocycles. The van der Waals surface area contributed by atoms with Crippen molar-refractivity contribution in [1.82, 2.24) is 9.88 Å². The standard InChI is InChI=1S/C15H13Cl2FN2O2/c16-10-5-6-13(21)20(9-10)8-2-7-19-15(22)14-11(17)3-1-4-12(14)18/h1,3-6,9H,2,7-8H2,(H,19,22). The number of pyridine rings is 1. The quantitative estimate of drug-likeness (QED) is 0.848. The van der Waals surface area contributed by atoms with Crippen LogP contribution in [0.2, 0.25) is 10.0 Å². The highest BCUT2D eigenvalue weighted by Gasteiger charge is 2.14. The maximum absolute atomic E-state index is 13.6. The first-order valence-electron chi connectivity index (χ1n) is 6.57. The van der Waals surface area contributed by atoms with E-state index in [1.165, 1.54) is 41.1 Å². The molecule has 7 heteroatoms. The molecule has 1 heterocycles. The molecule has 0 radical (unpaired) electrons. The highest BCUT2D eigenvalue weighted by Crippen LogP contribution is 2.18. The Bertz CT molecular complexity index is 726. The summed E-state index contributed by atoms with van der Waals surface area (Å²) >= 11 is 11.6. The summed E-state index contributed by atoms with van der Waals surface area (Å²) in [6, 6.07) is 6.94. The van der Waals surface area contributed by atoms with Crippen LogP contribution in [0.5, 0.6) is 0 Å². The number of aryl methyl sites for hydroxylation is 1. The number of hydrogen-bond acceptors (Lipinski definition) is 2. The van der Waals surface area contributed by atoms with E-state index in [-0.39, 0.29) is 22.7 Å². The van der Waals surface area contributed by atoms with E-state index >= 15 is 0 Å². The van der Waals surface area contributed by atoms with Crippen molar-refractivity contribution in [2.24, 2.45) is 0 Å². The minimum absolute atomic E-state index is 0.0589. The number of benzene rings is 1. The van der Waals surface area contributed by atoms with E-state index in [0.717, 1.165) is 0 Å². The van der Waals surface area contributed by atoms with E-state index in [1.807, 2.05) is 0 Å². The van der Waals surface area contributed by atoms with Crippen molar-refractivity contribution in [2.75, 3.05) is 6.54 Å². The number of halogens is 3. The maximum Gasteiger partial charge on any atom is 0.255 e. The minimum Gasteiger partial charge on any atom is -0.352 e. The molecule has 0 atom stereocenters. The second-order valence-corrected chi connectivity index (χ2v) is 5.43. The summed E-state index contributed by atoms with van der Waals surface area (Å²) in [6.07, 6.45) is 2.03. The number of aromatic nitrogens is 1. The molecular weight excluding hydrogens is 330 g/mol. The molecule has 0 fully saturated rings. The van der Waals surface area contributed by atoms with Crippen LogP contribution in [0.3, 0.4) is 0 Å². The maximum atomic E-state index is 13.6. The Balaban J connectivity index is 1.90. The Labute approximate surface area is 136 Å². The smallest absolute Gasteiger partial charge is 0.255 e. The Kier molecular flexibility index (Phi) is 5.57. The fourth-order valence-corrected chi connectivity index (χ4v) is 2.36. The van der Waals surface area contributed by atoms with Crippen LogP contribution in [0.4, 0.5) is 4.39 Å². The molecule has 22 heavy (non-hydrogen) atoms. The monoisotopic (exact) mass is 342 g/mol. The Morgan fingerprint density at radius 2 is 2.00 bits per heavy atom. The van der Waals surface area contributed by atoms with Crippen molar-refractivity contribution < 1.29 is 9.18 Å². The van der Waals surface area contributed by atoms with E-state index in [4.69, 9.17) is 23.2 Å². The van der Waals surface area contributed by atoms with Crippen LogP contribution in [0, 0.1) is 5.82 Å². The fourth-order valence-electron chi connectivity index (χ4n) is 1.93. The molecule has 0 unspecified atom stereocenters. The number of amides is 1.